The first-order valence-corrected chi connectivity index (χ1v) is 8.46. The molecule has 3 heterocycles. The highest BCUT2D eigenvalue weighted by atomic mass is 35.5. The van der Waals surface area contributed by atoms with Crippen LogP contribution in [0.4, 0.5) is 0 Å². The maximum absolute atomic E-state index is 12.9. The topological polar surface area (TPSA) is 72.4 Å². The van der Waals surface area contributed by atoms with E-state index in [0.717, 1.165) is 29.9 Å². The second-order valence-corrected chi connectivity index (χ2v) is 6.54. The first-order valence-electron chi connectivity index (χ1n) is 8.08. The largest absolute Gasteiger partial charge is 0.361 e. The maximum atomic E-state index is 12.9. The lowest BCUT2D eigenvalue weighted by atomic mass is 10.1. The highest BCUT2D eigenvalue weighted by Crippen LogP contribution is 2.33. The van der Waals surface area contributed by atoms with Crippen LogP contribution in [0.3, 0.4) is 0 Å². The third-order valence-electron chi connectivity index (χ3n) is 4.36. The summed E-state index contributed by atoms with van der Waals surface area (Å²) in [6.07, 6.45) is 1.78. The molecule has 1 aromatic carbocycles. The van der Waals surface area contributed by atoms with Crippen LogP contribution in [0.5, 0.6) is 0 Å². The fourth-order valence-corrected chi connectivity index (χ4v) is 3.26. The van der Waals surface area contributed by atoms with Gasteiger partial charge < -0.3 is 13.9 Å². The molecule has 2 aromatic heterocycles. The molecule has 7 heteroatoms. The second kappa shape index (κ2) is 6.37. The molecule has 1 fully saturated rings. The van der Waals surface area contributed by atoms with Crippen LogP contribution in [-0.4, -0.2) is 27.7 Å². The highest BCUT2D eigenvalue weighted by Gasteiger charge is 2.34. The third kappa shape index (κ3) is 3.05. The molecule has 3 aromatic rings. The maximum Gasteiger partial charge on any atom is 0.276 e. The van der Waals surface area contributed by atoms with Crippen LogP contribution in [0.1, 0.15) is 40.8 Å². The average molecular weight is 358 g/mol. The zero-order valence-corrected chi connectivity index (χ0v) is 14.4. The fraction of sp³-hybridized carbons (Fsp3) is 0.278. The van der Waals surface area contributed by atoms with Gasteiger partial charge in [0.15, 0.2) is 11.5 Å². The summed E-state index contributed by atoms with van der Waals surface area (Å²) >= 11 is 5.90. The number of likely N-dealkylation sites (tertiary alicyclic amines) is 1. The summed E-state index contributed by atoms with van der Waals surface area (Å²) in [7, 11) is 0. The van der Waals surface area contributed by atoms with Crippen LogP contribution < -0.4 is 0 Å². The predicted octanol–water partition coefficient (Wildman–Crippen LogP) is 4.27. The van der Waals surface area contributed by atoms with E-state index >= 15 is 0 Å². The van der Waals surface area contributed by atoms with Crippen molar-refractivity contribution in [3.05, 3.63) is 58.6 Å². The summed E-state index contributed by atoms with van der Waals surface area (Å²) in [6, 6.07) is 10.6. The second-order valence-electron chi connectivity index (χ2n) is 6.10. The molecular weight excluding hydrogens is 342 g/mol. The van der Waals surface area contributed by atoms with E-state index in [9.17, 15) is 4.79 Å². The predicted molar refractivity (Wildman–Crippen MR) is 91.2 cm³/mol. The molecule has 0 N–H and O–H groups in total. The quantitative estimate of drug-likeness (QED) is 0.700. The highest BCUT2D eigenvalue weighted by molar-refractivity contribution is 6.30. The van der Waals surface area contributed by atoms with E-state index in [1.54, 1.807) is 23.1 Å². The lowest BCUT2D eigenvalue weighted by molar-refractivity contribution is 0.0720. The monoisotopic (exact) mass is 357 g/mol. The number of carbonyl (C=O) groups excluding carboxylic acids is 1. The Kier molecular flexibility index (Phi) is 4.05. The van der Waals surface area contributed by atoms with Crippen molar-refractivity contribution in [2.75, 3.05) is 6.54 Å². The number of hydrogen-bond acceptors (Lipinski definition) is 5. The van der Waals surface area contributed by atoms with Crippen molar-refractivity contribution >= 4 is 17.5 Å². The van der Waals surface area contributed by atoms with Crippen molar-refractivity contribution in [2.24, 2.45) is 0 Å². The van der Waals surface area contributed by atoms with Gasteiger partial charge in [0, 0.05) is 29.3 Å². The van der Waals surface area contributed by atoms with Crippen LogP contribution >= 0.6 is 11.6 Å². The molecule has 1 aliphatic rings. The number of benzene rings is 1. The van der Waals surface area contributed by atoms with E-state index in [-0.39, 0.29) is 17.6 Å². The number of rotatable bonds is 3. The van der Waals surface area contributed by atoms with Gasteiger partial charge in [-0.25, -0.2) is 0 Å². The number of halogens is 1. The Labute approximate surface area is 149 Å². The van der Waals surface area contributed by atoms with E-state index in [0.29, 0.717) is 17.3 Å². The Morgan fingerprint density at radius 1 is 1.20 bits per heavy atom. The van der Waals surface area contributed by atoms with E-state index in [1.807, 2.05) is 25.1 Å². The van der Waals surface area contributed by atoms with Crippen LogP contribution in [0.15, 0.2) is 45.4 Å². The average Bonchev–Trinajstić information content (AvgIpc) is 3.35. The molecule has 0 unspecified atom stereocenters. The van der Waals surface area contributed by atoms with Gasteiger partial charge >= 0.3 is 0 Å². The Hall–Kier alpha value is -2.60. The number of amides is 1. The molecule has 0 bridgehead atoms. The summed E-state index contributed by atoms with van der Waals surface area (Å²) in [5, 5.41) is 8.65. The Bertz CT molecular complexity index is 900. The van der Waals surface area contributed by atoms with Crippen molar-refractivity contribution in [3.63, 3.8) is 0 Å². The first-order chi connectivity index (χ1) is 12.1. The molecule has 25 heavy (non-hydrogen) atoms. The molecule has 6 nitrogen and oxygen atoms in total. The summed E-state index contributed by atoms with van der Waals surface area (Å²) in [5.74, 6) is 1.11. The normalized spacial score (nSPS) is 17.2. The van der Waals surface area contributed by atoms with E-state index in [4.69, 9.17) is 20.6 Å². The molecule has 0 saturated carbocycles. The molecule has 128 valence electrons. The van der Waals surface area contributed by atoms with Gasteiger partial charge in [0.05, 0.1) is 6.04 Å². The third-order valence-corrected chi connectivity index (χ3v) is 4.61. The molecule has 1 saturated heterocycles. The fourth-order valence-electron chi connectivity index (χ4n) is 3.13. The summed E-state index contributed by atoms with van der Waals surface area (Å²) < 4.78 is 10.5. The number of hydrogen-bond donors (Lipinski definition) is 0. The van der Waals surface area contributed by atoms with Crippen molar-refractivity contribution in [2.45, 2.75) is 25.8 Å². The minimum atomic E-state index is -0.160. The standard InChI is InChI=1S/C18H16ClN3O3/c1-11-9-14(20-24-11)16-3-2-8-22(16)18(23)15-10-17(25-21-15)12-4-6-13(19)7-5-12/h4-7,9-10,16H,2-3,8H2,1H3/t16-/m1/s1. The zero-order valence-electron chi connectivity index (χ0n) is 13.6. The van der Waals surface area contributed by atoms with Crippen molar-refractivity contribution in [1.82, 2.24) is 15.2 Å². The molecule has 4 rings (SSSR count). The minimum absolute atomic E-state index is 0.0827. The Morgan fingerprint density at radius 2 is 2.00 bits per heavy atom. The van der Waals surface area contributed by atoms with Gasteiger partial charge in [-0.2, -0.15) is 0 Å². The first kappa shape index (κ1) is 15.9. The molecule has 0 aliphatic carbocycles. The molecule has 0 spiro atoms. The van der Waals surface area contributed by atoms with Gasteiger partial charge in [-0.3, -0.25) is 4.79 Å². The van der Waals surface area contributed by atoms with Crippen molar-refractivity contribution in [3.8, 4) is 11.3 Å². The van der Waals surface area contributed by atoms with Crippen molar-refractivity contribution < 1.29 is 13.8 Å². The Balaban J connectivity index is 1.57. The zero-order chi connectivity index (χ0) is 17.4. The smallest absolute Gasteiger partial charge is 0.276 e. The SMILES string of the molecule is Cc1cc([C@H]2CCCN2C(=O)c2cc(-c3ccc(Cl)cc3)on2)no1. The van der Waals surface area contributed by atoms with E-state index in [2.05, 4.69) is 10.3 Å². The van der Waals surface area contributed by atoms with Crippen LogP contribution in [0, 0.1) is 6.92 Å². The van der Waals surface area contributed by atoms with Gasteiger partial charge in [-0.15, -0.1) is 0 Å². The van der Waals surface area contributed by atoms with Crippen LogP contribution in [0.25, 0.3) is 11.3 Å². The lowest BCUT2D eigenvalue weighted by Crippen LogP contribution is -2.30. The molecule has 1 aliphatic heterocycles. The number of carbonyl (C=O) groups is 1. The molecule has 0 radical (unpaired) electrons. The number of nitrogens with zero attached hydrogens (tertiary/aromatic N) is 3. The summed E-state index contributed by atoms with van der Waals surface area (Å²) in [5.41, 5.74) is 1.89. The minimum Gasteiger partial charge on any atom is -0.361 e. The molecule has 1 atom stereocenters. The number of aryl methyl sites for hydroxylation is 1. The van der Waals surface area contributed by atoms with Crippen LogP contribution in [-0.2, 0) is 0 Å². The number of aromatic nitrogens is 2. The van der Waals surface area contributed by atoms with Crippen LogP contribution in [0.2, 0.25) is 5.02 Å². The summed E-state index contributed by atoms with van der Waals surface area (Å²) in [4.78, 5) is 14.6. The van der Waals surface area contributed by atoms with Gasteiger partial charge in [0.1, 0.15) is 11.5 Å². The van der Waals surface area contributed by atoms with Gasteiger partial charge in [0.2, 0.25) is 0 Å². The van der Waals surface area contributed by atoms with Crippen molar-refractivity contribution in [1.29, 1.82) is 0 Å². The van der Waals surface area contributed by atoms with Gasteiger partial charge in [-0.05, 0) is 44.0 Å². The molecular formula is C18H16ClN3O3. The Morgan fingerprint density at radius 3 is 2.72 bits per heavy atom. The summed E-state index contributed by atoms with van der Waals surface area (Å²) in [6.45, 7) is 2.51. The lowest BCUT2D eigenvalue weighted by Gasteiger charge is -2.21. The molecule has 1 amide bonds. The van der Waals surface area contributed by atoms with Gasteiger partial charge in [-0.1, -0.05) is 21.9 Å². The van der Waals surface area contributed by atoms with Gasteiger partial charge in [0.25, 0.3) is 5.91 Å². The van der Waals surface area contributed by atoms with E-state index < -0.39 is 0 Å². The van der Waals surface area contributed by atoms with E-state index in [1.165, 1.54) is 0 Å².